The van der Waals surface area contributed by atoms with Gasteiger partial charge in [0.25, 0.3) is 0 Å². The second-order valence-corrected chi connectivity index (χ2v) is 7.72. The second kappa shape index (κ2) is 9.76. The third-order valence-electron chi connectivity index (χ3n) is 4.52. The van der Waals surface area contributed by atoms with Gasteiger partial charge in [0.1, 0.15) is 0 Å². The van der Waals surface area contributed by atoms with E-state index >= 15 is 0 Å². The summed E-state index contributed by atoms with van der Waals surface area (Å²) in [6, 6.07) is 8.19. The summed E-state index contributed by atoms with van der Waals surface area (Å²) in [5, 5.41) is 0. The number of carbonyl (C=O) groups excluding carboxylic acids is 1. The monoisotopic (exact) mass is 401 g/mol. The molecule has 2 rings (SSSR count). The SMILES string of the molecule is C=C(C)/C=C(\C=C/C)N(Cc1ccc(Br)cc1)C(=O)C1CCCCC1. The molecule has 0 spiro atoms. The van der Waals surface area contributed by atoms with E-state index < -0.39 is 0 Å². The van der Waals surface area contributed by atoms with Gasteiger partial charge in [-0.15, -0.1) is 0 Å². The third kappa shape index (κ3) is 6.00. The van der Waals surface area contributed by atoms with E-state index in [1.54, 1.807) is 0 Å². The Balaban J connectivity index is 2.32. The lowest BCUT2D eigenvalue weighted by Gasteiger charge is -2.30. The molecule has 0 atom stereocenters. The largest absolute Gasteiger partial charge is 0.308 e. The minimum absolute atomic E-state index is 0.142. The molecular formula is C22H28BrNO. The van der Waals surface area contributed by atoms with Gasteiger partial charge in [-0.2, -0.15) is 0 Å². The molecule has 1 aliphatic carbocycles. The molecule has 0 heterocycles. The summed E-state index contributed by atoms with van der Waals surface area (Å²) >= 11 is 3.48. The van der Waals surface area contributed by atoms with Crippen molar-refractivity contribution in [1.82, 2.24) is 4.90 Å². The quantitative estimate of drug-likeness (QED) is 0.505. The topological polar surface area (TPSA) is 20.3 Å². The van der Waals surface area contributed by atoms with Crippen LogP contribution in [0.2, 0.25) is 0 Å². The van der Waals surface area contributed by atoms with E-state index in [1.807, 2.05) is 49.1 Å². The van der Waals surface area contributed by atoms with Crippen molar-refractivity contribution < 1.29 is 4.79 Å². The molecule has 1 amide bonds. The fraction of sp³-hybridized carbons (Fsp3) is 0.409. The number of amides is 1. The molecule has 1 saturated carbocycles. The van der Waals surface area contributed by atoms with Crippen molar-refractivity contribution in [2.45, 2.75) is 52.5 Å². The Hall–Kier alpha value is -1.61. The lowest BCUT2D eigenvalue weighted by atomic mass is 9.88. The van der Waals surface area contributed by atoms with Crippen LogP contribution >= 0.6 is 15.9 Å². The Morgan fingerprint density at radius 1 is 1.24 bits per heavy atom. The number of allylic oxidation sites excluding steroid dienone is 4. The van der Waals surface area contributed by atoms with Gasteiger partial charge in [0.15, 0.2) is 0 Å². The van der Waals surface area contributed by atoms with E-state index in [-0.39, 0.29) is 11.8 Å². The predicted molar refractivity (Wildman–Crippen MR) is 109 cm³/mol. The van der Waals surface area contributed by atoms with E-state index in [4.69, 9.17) is 0 Å². The van der Waals surface area contributed by atoms with Crippen molar-refractivity contribution in [3.05, 3.63) is 70.4 Å². The van der Waals surface area contributed by atoms with Crippen LogP contribution in [0.15, 0.2) is 64.8 Å². The van der Waals surface area contributed by atoms with Crippen molar-refractivity contribution in [3.63, 3.8) is 0 Å². The van der Waals surface area contributed by atoms with Gasteiger partial charge in [-0.1, -0.05) is 65.6 Å². The summed E-state index contributed by atoms with van der Waals surface area (Å²) < 4.78 is 1.05. The second-order valence-electron chi connectivity index (χ2n) is 6.80. The highest BCUT2D eigenvalue weighted by atomic mass is 79.9. The first-order valence-electron chi connectivity index (χ1n) is 9.07. The van der Waals surface area contributed by atoms with E-state index in [1.165, 1.54) is 6.42 Å². The van der Waals surface area contributed by atoms with Gasteiger partial charge in [0, 0.05) is 16.1 Å². The summed E-state index contributed by atoms with van der Waals surface area (Å²) in [7, 11) is 0. The van der Waals surface area contributed by atoms with Crippen molar-refractivity contribution in [2.24, 2.45) is 5.92 Å². The lowest BCUT2D eigenvalue weighted by Crippen LogP contribution is -2.35. The molecule has 1 aromatic rings. The molecular weight excluding hydrogens is 374 g/mol. The van der Waals surface area contributed by atoms with Crippen molar-refractivity contribution >= 4 is 21.8 Å². The van der Waals surface area contributed by atoms with E-state index in [0.29, 0.717) is 6.54 Å². The minimum atomic E-state index is 0.142. The Morgan fingerprint density at radius 3 is 2.44 bits per heavy atom. The standard InChI is InChI=1S/C22H28BrNO/c1-4-8-21(15-17(2)3)24(16-18-11-13-20(23)14-12-18)22(25)19-9-6-5-7-10-19/h4,8,11-15,19H,2,5-7,9-10,16H2,1,3H3/b8-4-,21-15+. The molecule has 0 aliphatic heterocycles. The summed E-state index contributed by atoms with van der Waals surface area (Å²) in [4.78, 5) is 15.2. The van der Waals surface area contributed by atoms with Crippen LogP contribution < -0.4 is 0 Å². The van der Waals surface area contributed by atoms with Crippen LogP contribution in [0.3, 0.4) is 0 Å². The van der Waals surface area contributed by atoms with Gasteiger partial charge in [-0.05, 0) is 56.5 Å². The maximum Gasteiger partial charge on any atom is 0.230 e. The smallest absolute Gasteiger partial charge is 0.230 e. The molecule has 134 valence electrons. The number of hydrogen-bond donors (Lipinski definition) is 0. The predicted octanol–water partition coefficient (Wildman–Crippen LogP) is 6.39. The summed E-state index contributed by atoms with van der Waals surface area (Å²) in [5.41, 5.74) is 3.00. The number of rotatable bonds is 6. The van der Waals surface area contributed by atoms with E-state index in [2.05, 4.69) is 34.6 Å². The van der Waals surface area contributed by atoms with Crippen molar-refractivity contribution in [2.75, 3.05) is 0 Å². The molecule has 25 heavy (non-hydrogen) atoms. The van der Waals surface area contributed by atoms with E-state index in [0.717, 1.165) is 47.0 Å². The molecule has 0 N–H and O–H groups in total. The highest BCUT2D eigenvalue weighted by molar-refractivity contribution is 9.10. The molecule has 1 aromatic carbocycles. The maximum absolute atomic E-state index is 13.3. The number of carbonyl (C=O) groups is 1. The molecule has 0 aromatic heterocycles. The first-order valence-corrected chi connectivity index (χ1v) is 9.86. The van der Waals surface area contributed by atoms with Crippen LogP contribution in [0, 0.1) is 5.92 Å². The van der Waals surface area contributed by atoms with Gasteiger partial charge in [-0.3, -0.25) is 4.79 Å². The molecule has 0 radical (unpaired) electrons. The molecule has 1 fully saturated rings. The maximum atomic E-state index is 13.3. The lowest BCUT2D eigenvalue weighted by molar-refractivity contribution is -0.134. The zero-order valence-corrected chi connectivity index (χ0v) is 16.9. The van der Waals surface area contributed by atoms with Crippen LogP contribution in [0.5, 0.6) is 0 Å². The highest BCUT2D eigenvalue weighted by Gasteiger charge is 2.27. The molecule has 2 nitrogen and oxygen atoms in total. The number of halogens is 1. The average molecular weight is 402 g/mol. The van der Waals surface area contributed by atoms with Gasteiger partial charge < -0.3 is 4.90 Å². The zero-order chi connectivity index (χ0) is 18.2. The van der Waals surface area contributed by atoms with E-state index in [9.17, 15) is 4.79 Å². The third-order valence-corrected chi connectivity index (χ3v) is 5.05. The van der Waals surface area contributed by atoms with Crippen molar-refractivity contribution in [1.29, 1.82) is 0 Å². The molecule has 0 saturated heterocycles. The molecule has 0 unspecified atom stereocenters. The normalized spacial score (nSPS) is 16.2. The van der Waals surface area contributed by atoms with Gasteiger partial charge in [0.05, 0.1) is 6.54 Å². The van der Waals surface area contributed by atoms with Gasteiger partial charge in [0.2, 0.25) is 5.91 Å². The fourth-order valence-corrected chi connectivity index (χ4v) is 3.54. The summed E-state index contributed by atoms with van der Waals surface area (Å²) in [6.07, 6.45) is 11.6. The first-order chi connectivity index (χ1) is 12.0. The fourth-order valence-electron chi connectivity index (χ4n) is 3.28. The molecule has 1 aliphatic rings. The number of hydrogen-bond acceptors (Lipinski definition) is 1. The Morgan fingerprint density at radius 2 is 1.88 bits per heavy atom. The van der Waals surface area contributed by atoms with Crippen LogP contribution in [0.25, 0.3) is 0 Å². The summed E-state index contributed by atoms with van der Waals surface area (Å²) in [6.45, 7) is 8.53. The van der Waals surface area contributed by atoms with Crippen LogP contribution in [0.4, 0.5) is 0 Å². The summed E-state index contributed by atoms with van der Waals surface area (Å²) in [5.74, 6) is 0.385. The Kier molecular flexibility index (Phi) is 7.70. The number of nitrogens with zero attached hydrogens (tertiary/aromatic N) is 1. The van der Waals surface area contributed by atoms with Crippen molar-refractivity contribution in [3.8, 4) is 0 Å². The zero-order valence-electron chi connectivity index (χ0n) is 15.3. The minimum Gasteiger partial charge on any atom is -0.308 e. The highest BCUT2D eigenvalue weighted by Crippen LogP contribution is 2.28. The number of benzene rings is 1. The van der Waals surface area contributed by atoms with Crippen LogP contribution in [-0.4, -0.2) is 10.8 Å². The molecule has 3 heteroatoms. The van der Waals surface area contributed by atoms with Crippen LogP contribution in [0.1, 0.15) is 51.5 Å². The first kappa shape index (κ1) is 19.7. The van der Waals surface area contributed by atoms with Gasteiger partial charge >= 0.3 is 0 Å². The Labute approximate surface area is 160 Å². The Bertz CT molecular complexity index is 651. The average Bonchev–Trinajstić information content (AvgIpc) is 2.61. The molecule has 0 bridgehead atoms. The van der Waals surface area contributed by atoms with Gasteiger partial charge in [-0.25, -0.2) is 0 Å². The van der Waals surface area contributed by atoms with Crippen LogP contribution in [-0.2, 0) is 11.3 Å².